The number of nitro groups is 1. The molecular weight excluding hydrogens is 436 g/mol. The number of hydrogen-bond donors (Lipinski definition) is 1. The molecule has 2 aliphatic rings. The average molecular weight is 457 g/mol. The largest absolute Gasteiger partial charge is 0.370 e. The Labute approximate surface area is 189 Å². The standard InChI is InChI=1S/C22H21ClN4O5/c1-3-5-18-22(12-13-10-16(27(31)32)8-9-17(13)25(18)2)19(28)24-21(30)26(20(22)29)15-7-4-6-14(23)11-15/h4,6-11,18H,3,5,12H2,1-2H3,(H,24,28,30)/t18-,22-/m1/s1. The summed E-state index contributed by atoms with van der Waals surface area (Å²) in [4.78, 5) is 53.5. The molecule has 2 aromatic rings. The molecule has 2 heterocycles. The van der Waals surface area contributed by atoms with Gasteiger partial charge in [0.25, 0.3) is 11.6 Å². The summed E-state index contributed by atoms with van der Waals surface area (Å²) < 4.78 is 0. The van der Waals surface area contributed by atoms with E-state index >= 15 is 0 Å². The first-order valence-corrected chi connectivity index (χ1v) is 10.5. The van der Waals surface area contributed by atoms with E-state index in [4.69, 9.17) is 11.6 Å². The molecule has 1 saturated heterocycles. The van der Waals surface area contributed by atoms with Crippen LogP contribution in [-0.4, -0.2) is 35.9 Å². The zero-order valence-electron chi connectivity index (χ0n) is 17.5. The van der Waals surface area contributed by atoms with Crippen LogP contribution in [0.4, 0.5) is 21.9 Å². The SMILES string of the molecule is CCC[C@H]1N(C)c2ccc([N+](=O)[O-])cc2C[C@]12C(=O)NC(=O)N(c1cccc(Cl)c1)C2=O. The zero-order chi connectivity index (χ0) is 23.2. The van der Waals surface area contributed by atoms with Crippen molar-refractivity contribution in [3.05, 3.63) is 63.2 Å². The lowest BCUT2D eigenvalue weighted by atomic mass is 9.67. The van der Waals surface area contributed by atoms with Gasteiger partial charge in [0.1, 0.15) is 0 Å². The highest BCUT2D eigenvalue weighted by atomic mass is 35.5. The Hall–Kier alpha value is -3.46. The van der Waals surface area contributed by atoms with Crippen molar-refractivity contribution in [2.45, 2.75) is 32.2 Å². The van der Waals surface area contributed by atoms with Crippen LogP contribution in [0, 0.1) is 15.5 Å². The number of fused-ring (bicyclic) bond motifs is 1. The Balaban J connectivity index is 1.90. The Morgan fingerprint density at radius 2 is 1.97 bits per heavy atom. The van der Waals surface area contributed by atoms with Crippen LogP contribution in [0.5, 0.6) is 0 Å². The van der Waals surface area contributed by atoms with Crippen LogP contribution < -0.4 is 15.1 Å². The monoisotopic (exact) mass is 456 g/mol. The maximum Gasteiger partial charge on any atom is 0.335 e. The molecule has 0 aliphatic carbocycles. The van der Waals surface area contributed by atoms with Crippen molar-refractivity contribution in [3.63, 3.8) is 0 Å². The number of barbiturate groups is 1. The van der Waals surface area contributed by atoms with Gasteiger partial charge in [-0.3, -0.25) is 25.0 Å². The van der Waals surface area contributed by atoms with Crippen LogP contribution in [0.1, 0.15) is 25.3 Å². The summed E-state index contributed by atoms with van der Waals surface area (Å²) in [6.07, 6.45) is 1.13. The lowest BCUT2D eigenvalue weighted by Crippen LogP contribution is -2.72. The third-order valence-electron chi connectivity index (χ3n) is 6.20. The maximum atomic E-state index is 13.9. The maximum absolute atomic E-state index is 13.9. The molecule has 2 aliphatic heterocycles. The van der Waals surface area contributed by atoms with Gasteiger partial charge in [-0.05, 0) is 36.2 Å². The fourth-order valence-electron chi connectivity index (χ4n) is 4.75. The lowest BCUT2D eigenvalue weighted by molar-refractivity contribution is -0.384. The quantitative estimate of drug-likeness (QED) is 0.426. The molecule has 1 spiro atoms. The molecule has 4 rings (SSSR count). The summed E-state index contributed by atoms with van der Waals surface area (Å²) in [6, 6.07) is 9.28. The van der Waals surface area contributed by atoms with Gasteiger partial charge in [0.05, 0.1) is 16.7 Å². The number of hydrogen-bond acceptors (Lipinski definition) is 6. The molecule has 2 aromatic carbocycles. The van der Waals surface area contributed by atoms with Gasteiger partial charge in [-0.1, -0.05) is 31.0 Å². The number of nitrogens with zero attached hydrogens (tertiary/aromatic N) is 3. The van der Waals surface area contributed by atoms with Gasteiger partial charge in [-0.15, -0.1) is 0 Å². The minimum Gasteiger partial charge on any atom is -0.370 e. The van der Waals surface area contributed by atoms with Crippen molar-refractivity contribution in [1.29, 1.82) is 0 Å². The Kier molecular flexibility index (Phi) is 5.37. The average Bonchev–Trinajstić information content (AvgIpc) is 2.74. The molecule has 10 heteroatoms. The van der Waals surface area contributed by atoms with Crippen molar-refractivity contribution in [3.8, 4) is 0 Å². The van der Waals surface area contributed by atoms with E-state index in [0.29, 0.717) is 29.1 Å². The van der Waals surface area contributed by atoms with Gasteiger partial charge in [0.15, 0.2) is 5.41 Å². The first-order chi connectivity index (χ1) is 15.2. The lowest BCUT2D eigenvalue weighted by Gasteiger charge is -2.50. The third kappa shape index (κ3) is 3.20. The zero-order valence-corrected chi connectivity index (χ0v) is 18.3. The number of non-ortho nitro benzene ring substituents is 1. The van der Waals surface area contributed by atoms with Gasteiger partial charge in [0, 0.05) is 36.3 Å². The van der Waals surface area contributed by atoms with E-state index in [2.05, 4.69) is 5.32 Å². The second-order valence-electron chi connectivity index (χ2n) is 8.01. The number of anilines is 2. The normalized spacial score (nSPS) is 22.7. The first kappa shape index (κ1) is 21.8. The minimum atomic E-state index is -1.64. The summed E-state index contributed by atoms with van der Waals surface area (Å²) in [6.45, 7) is 1.94. The number of carbonyl (C=O) groups is 3. The van der Waals surface area contributed by atoms with E-state index in [1.165, 1.54) is 18.2 Å². The number of nitrogens with one attached hydrogen (secondary N) is 1. The van der Waals surface area contributed by atoms with E-state index in [9.17, 15) is 24.5 Å². The fraction of sp³-hybridized carbons (Fsp3) is 0.318. The second-order valence-corrected chi connectivity index (χ2v) is 8.45. The number of benzene rings is 2. The highest BCUT2D eigenvalue weighted by Crippen LogP contribution is 2.46. The minimum absolute atomic E-state index is 0.0615. The van der Waals surface area contributed by atoms with E-state index in [0.717, 1.165) is 4.90 Å². The van der Waals surface area contributed by atoms with Crippen LogP contribution in [0.15, 0.2) is 42.5 Å². The molecular formula is C22H21ClN4O5. The number of rotatable bonds is 4. The predicted molar refractivity (Wildman–Crippen MR) is 119 cm³/mol. The summed E-state index contributed by atoms with van der Waals surface area (Å²) in [5.74, 6) is -1.37. The second kappa shape index (κ2) is 7.90. The molecule has 1 fully saturated rings. The van der Waals surface area contributed by atoms with Gasteiger partial charge >= 0.3 is 6.03 Å². The summed E-state index contributed by atoms with van der Waals surface area (Å²) in [5.41, 5.74) is -0.310. The number of amides is 4. The number of nitro benzene ring substituents is 1. The van der Waals surface area contributed by atoms with E-state index in [-0.39, 0.29) is 17.8 Å². The molecule has 0 radical (unpaired) electrons. The van der Waals surface area contributed by atoms with Crippen LogP contribution in [0.25, 0.3) is 0 Å². The molecule has 166 valence electrons. The molecule has 4 amide bonds. The topological polar surface area (TPSA) is 113 Å². The van der Waals surface area contributed by atoms with Crippen molar-refractivity contribution in [1.82, 2.24) is 5.32 Å². The van der Waals surface area contributed by atoms with Gasteiger partial charge in [-0.2, -0.15) is 0 Å². The Morgan fingerprint density at radius 1 is 1.22 bits per heavy atom. The van der Waals surface area contributed by atoms with Gasteiger partial charge in [0.2, 0.25) is 5.91 Å². The molecule has 0 unspecified atom stereocenters. The number of halogens is 1. The summed E-state index contributed by atoms with van der Waals surface area (Å²) >= 11 is 6.07. The molecule has 0 saturated carbocycles. The summed E-state index contributed by atoms with van der Waals surface area (Å²) in [7, 11) is 1.76. The van der Waals surface area contributed by atoms with Gasteiger partial charge in [-0.25, -0.2) is 9.69 Å². The van der Waals surface area contributed by atoms with Crippen LogP contribution >= 0.6 is 11.6 Å². The molecule has 0 aromatic heterocycles. The molecule has 1 N–H and O–H groups in total. The highest BCUT2D eigenvalue weighted by molar-refractivity contribution is 6.33. The smallest absolute Gasteiger partial charge is 0.335 e. The number of carbonyl (C=O) groups excluding carboxylic acids is 3. The highest BCUT2D eigenvalue weighted by Gasteiger charge is 2.61. The molecule has 32 heavy (non-hydrogen) atoms. The number of urea groups is 1. The predicted octanol–water partition coefficient (Wildman–Crippen LogP) is 3.68. The molecule has 2 atom stereocenters. The van der Waals surface area contributed by atoms with Gasteiger partial charge < -0.3 is 4.90 Å². The number of imide groups is 2. The molecule has 0 bridgehead atoms. The first-order valence-electron chi connectivity index (χ1n) is 10.2. The van der Waals surface area contributed by atoms with E-state index in [1.807, 2.05) is 11.8 Å². The van der Waals surface area contributed by atoms with Crippen molar-refractivity contribution >= 4 is 46.5 Å². The molecule has 9 nitrogen and oxygen atoms in total. The summed E-state index contributed by atoms with van der Waals surface area (Å²) in [5, 5.41) is 14.0. The van der Waals surface area contributed by atoms with E-state index < -0.39 is 34.2 Å². The van der Waals surface area contributed by atoms with Crippen LogP contribution in [0.2, 0.25) is 5.02 Å². The van der Waals surface area contributed by atoms with E-state index in [1.54, 1.807) is 31.3 Å². The Bertz CT molecular complexity index is 1150. The van der Waals surface area contributed by atoms with Crippen molar-refractivity contribution < 1.29 is 19.3 Å². The third-order valence-corrected chi connectivity index (χ3v) is 6.44. The van der Waals surface area contributed by atoms with Crippen molar-refractivity contribution in [2.75, 3.05) is 16.8 Å². The van der Waals surface area contributed by atoms with Crippen LogP contribution in [0.3, 0.4) is 0 Å². The van der Waals surface area contributed by atoms with Crippen LogP contribution in [-0.2, 0) is 16.0 Å². The Morgan fingerprint density at radius 3 is 2.62 bits per heavy atom. The fourth-order valence-corrected chi connectivity index (χ4v) is 4.94. The van der Waals surface area contributed by atoms with Crippen molar-refractivity contribution in [2.24, 2.45) is 5.41 Å².